The summed E-state index contributed by atoms with van der Waals surface area (Å²) in [5, 5.41) is 10.5. The number of anilines is 1. The Morgan fingerprint density at radius 2 is 1.74 bits per heavy atom. The maximum absolute atomic E-state index is 12.9. The number of para-hydroxylation sites is 1. The molecule has 0 heterocycles. The molecule has 0 aliphatic carbocycles. The first-order valence-corrected chi connectivity index (χ1v) is 6.65. The Balaban J connectivity index is 2.55. The second kappa shape index (κ2) is 6.37. The third-order valence-electron chi connectivity index (χ3n) is 3.44. The molecular formula is C16H16F3NO3. The fourth-order valence-corrected chi connectivity index (χ4v) is 2.28. The zero-order valence-corrected chi connectivity index (χ0v) is 12.5. The first-order valence-electron chi connectivity index (χ1n) is 6.65. The Bertz CT molecular complexity index is 701. The lowest BCUT2D eigenvalue weighted by Crippen LogP contribution is -2.10. The van der Waals surface area contributed by atoms with Crippen molar-refractivity contribution < 1.29 is 27.8 Å². The number of methoxy groups -OCH3 is 2. The van der Waals surface area contributed by atoms with Crippen LogP contribution in [0.3, 0.4) is 0 Å². The van der Waals surface area contributed by atoms with Crippen LogP contribution in [0.15, 0.2) is 36.4 Å². The van der Waals surface area contributed by atoms with Gasteiger partial charge in [0.25, 0.3) is 0 Å². The lowest BCUT2D eigenvalue weighted by molar-refractivity contribution is -0.137. The molecule has 2 aromatic rings. The Labute approximate surface area is 131 Å². The molecule has 0 aromatic heterocycles. The number of aliphatic hydroxyl groups is 1. The normalized spacial score (nSPS) is 12.8. The van der Waals surface area contributed by atoms with Crippen molar-refractivity contribution in [1.29, 1.82) is 0 Å². The quantitative estimate of drug-likeness (QED) is 0.845. The number of nitrogens with two attached hydrogens (primary N) is 1. The Hall–Kier alpha value is -2.41. The number of halogens is 3. The standard InChI is InChI=1S/C16H16F3NO3/c1-22-13-5-3-4-10(15(13)23-2)14(21)11-8-9(16(17,18)19)6-7-12(11)20/h3-8,14,21H,20H2,1-2H3. The van der Waals surface area contributed by atoms with E-state index in [0.29, 0.717) is 5.75 Å². The zero-order valence-electron chi connectivity index (χ0n) is 12.5. The van der Waals surface area contributed by atoms with Gasteiger partial charge in [0, 0.05) is 16.8 Å². The molecule has 2 rings (SSSR count). The second-order valence-corrected chi connectivity index (χ2v) is 4.83. The van der Waals surface area contributed by atoms with Crippen molar-refractivity contribution in [2.75, 3.05) is 20.0 Å². The van der Waals surface area contributed by atoms with Crippen LogP contribution in [0.25, 0.3) is 0 Å². The number of hydrogen-bond donors (Lipinski definition) is 2. The Morgan fingerprint density at radius 3 is 2.30 bits per heavy atom. The van der Waals surface area contributed by atoms with Crippen LogP contribution in [-0.4, -0.2) is 19.3 Å². The summed E-state index contributed by atoms with van der Waals surface area (Å²) in [6.07, 6.45) is -5.91. The maximum Gasteiger partial charge on any atom is 0.416 e. The van der Waals surface area contributed by atoms with Gasteiger partial charge in [0.05, 0.1) is 19.8 Å². The van der Waals surface area contributed by atoms with E-state index < -0.39 is 17.8 Å². The highest BCUT2D eigenvalue weighted by Gasteiger charge is 2.32. The van der Waals surface area contributed by atoms with E-state index in [2.05, 4.69) is 0 Å². The first kappa shape index (κ1) is 17.0. The molecule has 124 valence electrons. The average molecular weight is 327 g/mol. The van der Waals surface area contributed by atoms with E-state index in [0.717, 1.165) is 18.2 Å². The fourth-order valence-electron chi connectivity index (χ4n) is 2.28. The summed E-state index contributed by atoms with van der Waals surface area (Å²) in [6, 6.07) is 7.57. The lowest BCUT2D eigenvalue weighted by atomic mass is 9.97. The molecule has 0 spiro atoms. The molecule has 0 radical (unpaired) electrons. The summed E-state index contributed by atoms with van der Waals surface area (Å²) >= 11 is 0. The van der Waals surface area contributed by atoms with Gasteiger partial charge in [0.1, 0.15) is 6.10 Å². The minimum Gasteiger partial charge on any atom is -0.493 e. The number of rotatable bonds is 4. The van der Waals surface area contributed by atoms with E-state index in [9.17, 15) is 18.3 Å². The highest BCUT2D eigenvalue weighted by atomic mass is 19.4. The van der Waals surface area contributed by atoms with Gasteiger partial charge in [-0.25, -0.2) is 0 Å². The molecule has 0 saturated carbocycles. The van der Waals surface area contributed by atoms with Crippen LogP contribution in [-0.2, 0) is 6.18 Å². The average Bonchev–Trinajstić information content (AvgIpc) is 2.52. The van der Waals surface area contributed by atoms with Gasteiger partial charge < -0.3 is 20.3 Å². The van der Waals surface area contributed by atoms with E-state index >= 15 is 0 Å². The van der Waals surface area contributed by atoms with E-state index in [-0.39, 0.29) is 22.6 Å². The zero-order chi connectivity index (χ0) is 17.2. The van der Waals surface area contributed by atoms with E-state index in [1.165, 1.54) is 20.3 Å². The van der Waals surface area contributed by atoms with Gasteiger partial charge in [-0.2, -0.15) is 13.2 Å². The second-order valence-electron chi connectivity index (χ2n) is 4.83. The summed E-state index contributed by atoms with van der Waals surface area (Å²) in [7, 11) is 2.80. The highest BCUT2D eigenvalue weighted by molar-refractivity contribution is 5.56. The third kappa shape index (κ3) is 3.34. The Morgan fingerprint density at radius 1 is 1.04 bits per heavy atom. The van der Waals surface area contributed by atoms with Crippen molar-refractivity contribution in [2.24, 2.45) is 0 Å². The number of ether oxygens (including phenoxy) is 2. The van der Waals surface area contributed by atoms with Crippen molar-refractivity contribution in [3.63, 3.8) is 0 Å². The van der Waals surface area contributed by atoms with Crippen molar-refractivity contribution in [1.82, 2.24) is 0 Å². The summed E-state index contributed by atoms with van der Waals surface area (Å²) in [5.41, 5.74) is 5.11. The molecule has 4 nitrogen and oxygen atoms in total. The fraction of sp³-hybridized carbons (Fsp3) is 0.250. The summed E-state index contributed by atoms with van der Waals surface area (Å²) in [5.74, 6) is 0.592. The van der Waals surface area contributed by atoms with Crippen molar-refractivity contribution in [3.05, 3.63) is 53.1 Å². The SMILES string of the molecule is COc1cccc(C(O)c2cc(C(F)(F)F)ccc2N)c1OC. The van der Waals surface area contributed by atoms with Gasteiger partial charge in [-0.05, 0) is 24.3 Å². The summed E-state index contributed by atoms with van der Waals surface area (Å²) in [4.78, 5) is 0. The number of aliphatic hydroxyl groups excluding tert-OH is 1. The monoisotopic (exact) mass is 327 g/mol. The van der Waals surface area contributed by atoms with Crippen molar-refractivity contribution in [3.8, 4) is 11.5 Å². The molecule has 0 aliphatic rings. The number of benzene rings is 2. The van der Waals surface area contributed by atoms with Crippen LogP contribution in [0.2, 0.25) is 0 Å². The van der Waals surface area contributed by atoms with Crippen LogP contribution < -0.4 is 15.2 Å². The van der Waals surface area contributed by atoms with Crippen molar-refractivity contribution in [2.45, 2.75) is 12.3 Å². The van der Waals surface area contributed by atoms with Crippen LogP contribution >= 0.6 is 0 Å². The number of alkyl halides is 3. The molecule has 3 N–H and O–H groups in total. The number of hydrogen-bond acceptors (Lipinski definition) is 4. The minimum absolute atomic E-state index is 0.0496. The topological polar surface area (TPSA) is 64.7 Å². The summed E-state index contributed by atoms with van der Waals surface area (Å²) in [6.45, 7) is 0. The van der Waals surface area contributed by atoms with Crippen LogP contribution in [0.5, 0.6) is 11.5 Å². The van der Waals surface area contributed by atoms with E-state index in [1.54, 1.807) is 12.1 Å². The largest absolute Gasteiger partial charge is 0.493 e. The van der Waals surface area contributed by atoms with E-state index in [1.807, 2.05) is 0 Å². The van der Waals surface area contributed by atoms with Crippen molar-refractivity contribution >= 4 is 5.69 Å². The predicted octanol–water partition coefficient (Wildman–Crippen LogP) is 3.39. The van der Waals surface area contributed by atoms with Crippen LogP contribution in [0.4, 0.5) is 18.9 Å². The molecule has 0 aliphatic heterocycles. The van der Waals surface area contributed by atoms with Gasteiger partial charge in [-0.3, -0.25) is 0 Å². The smallest absolute Gasteiger partial charge is 0.416 e. The Kier molecular flexibility index (Phi) is 4.70. The van der Waals surface area contributed by atoms with E-state index in [4.69, 9.17) is 15.2 Å². The molecule has 2 aromatic carbocycles. The molecule has 1 atom stereocenters. The lowest BCUT2D eigenvalue weighted by Gasteiger charge is -2.19. The minimum atomic E-state index is -4.53. The highest BCUT2D eigenvalue weighted by Crippen LogP contribution is 2.40. The molecule has 0 amide bonds. The van der Waals surface area contributed by atoms with Gasteiger partial charge in [0.15, 0.2) is 11.5 Å². The molecule has 0 fully saturated rings. The van der Waals surface area contributed by atoms with Crippen LogP contribution in [0.1, 0.15) is 22.8 Å². The van der Waals surface area contributed by atoms with Gasteiger partial charge in [-0.15, -0.1) is 0 Å². The molecule has 0 saturated heterocycles. The molecule has 1 unspecified atom stereocenters. The first-order chi connectivity index (χ1) is 10.8. The number of nitrogen functional groups attached to an aromatic ring is 1. The molecule has 7 heteroatoms. The molecular weight excluding hydrogens is 311 g/mol. The third-order valence-corrected chi connectivity index (χ3v) is 3.44. The van der Waals surface area contributed by atoms with Gasteiger partial charge >= 0.3 is 6.18 Å². The molecule has 0 bridgehead atoms. The van der Waals surface area contributed by atoms with Crippen LogP contribution in [0, 0.1) is 0 Å². The van der Waals surface area contributed by atoms with Gasteiger partial charge in [0.2, 0.25) is 0 Å². The summed E-state index contributed by atoms with van der Waals surface area (Å²) < 4.78 is 48.9. The molecule has 23 heavy (non-hydrogen) atoms. The van der Waals surface area contributed by atoms with Gasteiger partial charge in [-0.1, -0.05) is 12.1 Å². The maximum atomic E-state index is 12.9. The predicted molar refractivity (Wildman–Crippen MR) is 79.5 cm³/mol.